The van der Waals surface area contributed by atoms with E-state index in [1.165, 1.54) is 4.90 Å². The molecule has 0 unspecified atom stereocenters. The van der Waals surface area contributed by atoms with Crippen LogP contribution in [0.3, 0.4) is 0 Å². The molecule has 0 radical (unpaired) electrons. The molecule has 2 rings (SSSR count). The van der Waals surface area contributed by atoms with Crippen LogP contribution in [0.15, 0.2) is 30.3 Å². The van der Waals surface area contributed by atoms with Gasteiger partial charge in [0.2, 0.25) is 5.91 Å². The molecule has 2 amide bonds. The minimum absolute atomic E-state index is 0.232. The molecule has 0 aliphatic carbocycles. The summed E-state index contributed by atoms with van der Waals surface area (Å²) < 4.78 is 5.51. The quantitative estimate of drug-likeness (QED) is 0.751. The van der Waals surface area contributed by atoms with Gasteiger partial charge in [-0.05, 0) is 26.3 Å². The average molecular weight is 319 g/mol. The number of ether oxygens (including phenoxy) is 1. The molecule has 0 spiro atoms. The van der Waals surface area contributed by atoms with Crippen molar-refractivity contribution in [2.24, 2.45) is 5.41 Å². The van der Waals surface area contributed by atoms with Gasteiger partial charge in [0.15, 0.2) is 0 Å². The Kier molecular flexibility index (Phi) is 5.30. The predicted octanol–water partition coefficient (Wildman–Crippen LogP) is 4.73. The van der Waals surface area contributed by atoms with Crippen molar-refractivity contribution in [1.82, 2.24) is 4.90 Å². The van der Waals surface area contributed by atoms with Crippen LogP contribution in [0.1, 0.15) is 61.0 Å². The normalized spacial score (nSPS) is 23.0. The minimum atomic E-state index is -0.838. The number of carbonyl (C=O) groups is 2. The van der Waals surface area contributed by atoms with E-state index in [1.54, 1.807) is 20.8 Å². The Morgan fingerprint density at radius 3 is 1.96 bits per heavy atom. The van der Waals surface area contributed by atoms with Crippen molar-refractivity contribution in [3.05, 3.63) is 35.9 Å². The first-order valence-electron chi connectivity index (χ1n) is 8.15. The fourth-order valence-electron chi connectivity index (χ4n) is 2.68. The fourth-order valence-corrected chi connectivity index (χ4v) is 2.68. The lowest BCUT2D eigenvalue weighted by Crippen LogP contribution is -2.55. The van der Waals surface area contributed by atoms with Gasteiger partial charge in [-0.25, -0.2) is 9.69 Å². The molecule has 1 aromatic carbocycles. The van der Waals surface area contributed by atoms with Crippen molar-refractivity contribution in [3.8, 4) is 0 Å². The highest BCUT2D eigenvalue weighted by Gasteiger charge is 2.61. The lowest BCUT2D eigenvalue weighted by Gasteiger charge is -2.41. The van der Waals surface area contributed by atoms with Crippen LogP contribution in [-0.4, -0.2) is 22.5 Å². The molecule has 1 aliphatic rings. The monoisotopic (exact) mass is 319 g/mol. The number of amides is 2. The number of benzene rings is 1. The first-order valence-corrected chi connectivity index (χ1v) is 8.15. The third-order valence-electron chi connectivity index (χ3n) is 4.33. The maximum Gasteiger partial charge on any atom is 0.418 e. The van der Waals surface area contributed by atoms with E-state index in [1.807, 2.05) is 65.0 Å². The topological polar surface area (TPSA) is 46.6 Å². The summed E-state index contributed by atoms with van der Waals surface area (Å²) in [6, 6.07) is 9.56. The van der Waals surface area contributed by atoms with Crippen molar-refractivity contribution in [2.45, 2.75) is 66.5 Å². The highest BCUT2D eigenvalue weighted by Crippen LogP contribution is 2.47. The van der Waals surface area contributed by atoms with Gasteiger partial charge in [0, 0.05) is 5.41 Å². The Morgan fingerprint density at radius 2 is 1.52 bits per heavy atom. The lowest BCUT2D eigenvalue weighted by molar-refractivity contribution is -0.141. The van der Waals surface area contributed by atoms with Crippen molar-refractivity contribution in [1.29, 1.82) is 0 Å². The number of carbonyl (C=O) groups excluding carboxylic acids is 2. The van der Waals surface area contributed by atoms with Gasteiger partial charge >= 0.3 is 6.09 Å². The number of hydrogen-bond donors (Lipinski definition) is 0. The molecular weight excluding hydrogens is 290 g/mol. The molecule has 1 atom stereocenters. The molecule has 0 bridgehead atoms. The molecule has 0 N–H and O–H groups in total. The van der Waals surface area contributed by atoms with Gasteiger partial charge in [0.1, 0.15) is 11.1 Å². The molecule has 4 heteroatoms. The van der Waals surface area contributed by atoms with E-state index in [2.05, 4.69) is 0 Å². The summed E-state index contributed by atoms with van der Waals surface area (Å²) in [5.74, 6) is -0.232. The Bertz CT molecular complexity index is 572. The van der Waals surface area contributed by atoms with Gasteiger partial charge < -0.3 is 4.74 Å². The van der Waals surface area contributed by atoms with E-state index >= 15 is 0 Å². The summed E-state index contributed by atoms with van der Waals surface area (Å²) in [6.07, 6.45) is -0.578. The van der Waals surface area contributed by atoms with E-state index in [0.717, 1.165) is 5.56 Å². The Hall–Kier alpha value is -1.84. The van der Waals surface area contributed by atoms with Crippen molar-refractivity contribution < 1.29 is 14.3 Å². The second-order valence-electron chi connectivity index (χ2n) is 7.21. The van der Waals surface area contributed by atoms with Crippen molar-refractivity contribution in [3.63, 3.8) is 0 Å². The SMILES string of the molecule is CC.CC(C)(C)C(=O)N1C(=O)OC(C)(C)[C@]1(C)c1ccccc1. The van der Waals surface area contributed by atoms with Crippen LogP contribution >= 0.6 is 0 Å². The molecule has 1 saturated heterocycles. The zero-order valence-corrected chi connectivity index (χ0v) is 15.6. The second kappa shape index (κ2) is 6.34. The average Bonchev–Trinajstić information content (AvgIpc) is 2.66. The number of cyclic esters (lactones) is 1. The van der Waals surface area contributed by atoms with E-state index in [-0.39, 0.29) is 5.91 Å². The predicted molar refractivity (Wildman–Crippen MR) is 92.0 cm³/mol. The van der Waals surface area contributed by atoms with Crippen LogP contribution in [0.2, 0.25) is 0 Å². The molecule has 1 heterocycles. The van der Waals surface area contributed by atoms with E-state index in [0.29, 0.717) is 0 Å². The van der Waals surface area contributed by atoms with Gasteiger partial charge in [-0.2, -0.15) is 0 Å². The standard InChI is InChI=1S/C17H23NO3.C2H6/c1-15(2,3)13(19)18-14(20)21-16(4,5)17(18,6)12-10-8-7-9-11-12;1-2/h7-11H,1-6H3;1-2H3/t17-;/m0./s1. The molecule has 0 saturated carbocycles. The summed E-state index contributed by atoms with van der Waals surface area (Å²) in [6.45, 7) is 15.0. The zero-order valence-electron chi connectivity index (χ0n) is 15.6. The van der Waals surface area contributed by atoms with Crippen LogP contribution < -0.4 is 0 Å². The maximum absolute atomic E-state index is 12.8. The van der Waals surface area contributed by atoms with Gasteiger partial charge in [0.25, 0.3) is 0 Å². The molecule has 1 aliphatic heterocycles. The first-order chi connectivity index (χ1) is 10.5. The van der Waals surface area contributed by atoms with Crippen LogP contribution in [-0.2, 0) is 15.1 Å². The van der Waals surface area contributed by atoms with Crippen LogP contribution in [0.25, 0.3) is 0 Å². The summed E-state index contributed by atoms with van der Waals surface area (Å²) in [5.41, 5.74) is -1.41. The number of hydrogen-bond acceptors (Lipinski definition) is 3. The third-order valence-corrected chi connectivity index (χ3v) is 4.33. The summed E-state index contributed by atoms with van der Waals surface area (Å²) in [5, 5.41) is 0. The fraction of sp³-hybridized carbons (Fsp3) is 0.579. The molecule has 4 nitrogen and oxygen atoms in total. The summed E-state index contributed by atoms with van der Waals surface area (Å²) in [4.78, 5) is 26.4. The van der Waals surface area contributed by atoms with Gasteiger partial charge in [-0.1, -0.05) is 65.0 Å². The summed E-state index contributed by atoms with van der Waals surface area (Å²) >= 11 is 0. The van der Waals surface area contributed by atoms with Crippen molar-refractivity contribution >= 4 is 12.0 Å². The Labute approximate surface area is 139 Å². The smallest absolute Gasteiger partial charge is 0.418 e. The lowest BCUT2D eigenvalue weighted by atomic mass is 9.76. The van der Waals surface area contributed by atoms with Crippen LogP contribution in [0.5, 0.6) is 0 Å². The molecular formula is C19H29NO3. The zero-order chi connectivity index (χ0) is 18.1. The van der Waals surface area contributed by atoms with Crippen molar-refractivity contribution in [2.75, 3.05) is 0 Å². The maximum atomic E-state index is 12.8. The highest BCUT2D eigenvalue weighted by atomic mass is 16.6. The van der Waals surface area contributed by atoms with E-state index < -0.39 is 22.6 Å². The highest BCUT2D eigenvalue weighted by molar-refractivity contribution is 5.97. The van der Waals surface area contributed by atoms with E-state index in [9.17, 15) is 9.59 Å². The molecule has 128 valence electrons. The Morgan fingerprint density at radius 1 is 1.04 bits per heavy atom. The largest absolute Gasteiger partial charge is 0.440 e. The summed E-state index contributed by atoms with van der Waals surface area (Å²) in [7, 11) is 0. The van der Waals surface area contributed by atoms with Crippen LogP contribution in [0, 0.1) is 5.41 Å². The van der Waals surface area contributed by atoms with Crippen LogP contribution in [0.4, 0.5) is 4.79 Å². The van der Waals surface area contributed by atoms with E-state index in [4.69, 9.17) is 4.74 Å². The third kappa shape index (κ3) is 3.12. The number of imide groups is 1. The Balaban J connectivity index is 0.00000127. The molecule has 23 heavy (non-hydrogen) atoms. The number of rotatable bonds is 1. The number of nitrogens with zero attached hydrogens (tertiary/aromatic N) is 1. The first kappa shape index (κ1) is 19.2. The second-order valence-corrected chi connectivity index (χ2v) is 7.21. The minimum Gasteiger partial charge on any atom is -0.440 e. The van der Waals surface area contributed by atoms with Gasteiger partial charge in [0.05, 0.1) is 0 Å². The molecule has 0 aromatic heterocycles. The van der Waals surface area contributed by atoms with Gasteiger partial charge in [-0.15, -0.1) is 0 Å². The van der Waals surface area contributed by atoms with Gasteiger partial charge in [-0.3, -0.25) is 4.79 Å². The molecule has 1 fully saturated rings. The molecule has 1 aromatic rings.